The monoisotopic (exact) mass is 507 g/mol. The number of aromatic amines is 1. The van der Waals surface area contributed by atoms with Crippen LogP contribution in [-0.4, -0.2) is 55.3 Å². The summed E-state index contributed by atoms with van der Waals surface area (Å²) in [5.41, 5.74) is 2.27. The molecule has 2 heterocycles. The first kappa shape index (κ1) is 24.9. The van der Waals surface area contributed by atoms with Crippen LogP contribution in [-0.2, 0) is 25.8 Å². The minimum Gasteiger partial charge on any atom is -0.478 e. The van der Waals surface area contributed by atoms with E-state index in [-0.39, 0.29) is 45.7 Å². The number of carboxylic acid groups (broad SMARTS) is 1. The molecule has 0 saturated heterocycles. The molecule has 0 atom stereocenters. The second-order valence-electron chi connectivity index (χ2n) is 8.62. The van der Waals surface area contributed by atoms with Crippen molar-refractivity contribution in [1.29, 1.82) is 0 Å². The summed E-state index contributed by atoms with van der Waals surface area (Å²) in [5.74, 6) is -1.90. The maximum Gasteiger partial charge on any atom is 0.337 e. The molecule has 0 bridgehead atoms. The molecule has 36 heavy (non-hydrogen) atoms. The maximum atomic E-state index is 13.8. The first-order valence-corrected chi connectivity index (χ1v) is 12.6. The zero-order valence-electron chi connectivity index (χ0n) is 20.0. The number of rotatable bonds is 7. The molecule has 1 aliphatic heterocycles. The highest BCUT2D eigenvalue weighted by atomic mass is 32.2. The molecule has 0 radical (unpaired) electrons. The van der Waals surface area contributed by atoms with Crippen molar-refractivity contribution in [2.45, 2.75) is 29.6 Å². The first-order chi connectivity index (χ1) is 17.0. The van der Waals surface area contributed by atoms with Gasteiger partial charge in [-0.15, -0.1) is 0 Å². The molecule has 1 aromatic heterocycles. The van der Waals surface area contributed by atoms with E-state index in [4.69, 9.17) is 0 Å². The maximum absolute atomic E-state index is 13.8. The van der Waals surface area contributed by atoms with Crippen molar-refractivity contribution in [3.05, 3.63) is 76.6 Å². The molecular formula is C26H25N3O6S. The molecule has 10 heteroatoms. The van der Waals surface area contributed by atoms with Gasteiger partial charge in [0.15, 0.2) is 0 Å². The number of anilines is 1. The van der Waals surface area contributed by atoms with Crippen LogP contribution in [0.3, 0.4) is 0 Å². The summed E-state index contributed by atoms with van der Waals surface area (Å²) in [6.45, 7) is 1.57. The molecule has 0 saturated carbocycles. The Bertz CT molecular complexity index is 1530. The molecule has 2 aromatic carbocycles. The van der Waals surface area contributed by atoms with Gasteiger partial charge < -0.3 is 20.3 Å². The topological polar surface area (TPSA) is 137 Å². The molecule has 0 spiro atoms. The lowest BCUT2D eigenvalue weighted by atomic mass is 10.0. The van der Waals surface area contributed by atoms with Gasteiger partial charge in [-0.2, -0.15) is 0 Å². The van der Waals surface area contributed by atoms with Crippen LogP contribution in [0.25, 0.3) is 11.6 Å². The van der Waals surface area contributed by atoms with Crippen LogP contribution in [0.4, 0.5) is 5.69 Å². The number of nitrogens with one attached hydrogen (secondary N) is 2. The van der Waals surface area contributed by atoms with Crippen LogP contribution in [0.5, 0.6) is 0 Å². The summed E-state index contributed by atoms with van der Waals surface area (Å²) in [7, 11) is -1.09. The van der Waals surface area contributed by atoms with Crippen molar-refractivity contribution < 1.29 is 27.9 Å². The van der Waals surface area contributed by atoms with E-state index in [1.54, 1.807) is 51.4 Å². The Hall–Kier alpha value is -4.18. The van der Waals surface area contributed by atoms with E-state index >= 15 is 0 Å². The van der Waals surface area contributed by atoms with Gasteiger partial charge in [-0.3, -0.25) is 9.59 Å². The minimum atomic E-state index is -4.30. The first-order valence-electron chi connectivity index (χ1n) is 11.1. The van der Waals surface area contributed by atoms with Crippen molar-refractivity contribution in [3.8, 4) is 0 Å². The van der Waals surface area contributed by atoms with E-state index < -0.39 is 15.8 Å². The van der Waals surface area contributed by atoms with Crippen LogP contribution in [0, 0.1) is 6.92 Å². The molecule has 0 aliphatic carbocycles. The van der Waals surface area contributed by atoms with Gasteiger partial charge >= 0.3 is 5.97 Å². The highest BCUT2D eigenvalue weighted by molar-refractivity contribution is 7.91. The smallest absolute Gasteiger partial charge is 0.337 e. The van der Waals surface area contributed by atoms with Crippen molar-refractivity contribution in [2.75, 3.05) is 19.4 Å². The Labute approximate surface area is 208 Å². The molecule has 186 valence electrons. The summed E-state index contributed by atoms with van der Waals surface area (Å²) in [6, 6.07) is 12.5. The predicted molar refractivity (Wildman–Crippen MR) is 134 cm³/mol. The number of hydrogen-bond acceptors (Lipinski definition) is 5. The van der Waals surface area contributed by atoms with E-state index in [0.717, 1.165) is 0 Å². The number of benzene rings is 2. The largest absolute Gasteiger partial charge is 0.478 e. The Morgan fingerprint density at radius 2 is 1.72 bits per heavy atom. The van der Waals surface area contributed by atoms with E-state index in [9.17, 15) is 27.9 Å². The van der Waals surface area contributed by atoms with Crippen molar-refractivity contribution in [2.24, 2.45) is 0 Å². The lowest BCUT2D eigenvalue weighted by Gasteiger charge is -2.13. The summed E-state index contributed by atoms with van der Waals surface area (Å²) >= 11 is 0. The molecule has 2 amide bonds. The number of hydrogen-bond donors (Lipinski definition) is 3. The second kappa shape index (κ2) is 9.46. The van der Waals surface area contributed by atoms with Gasteiger partial charge in [0.2, 0.25) is 15.7 Å². The molecule has 0 unspecified atom stereocenters. The molecule has 0 fully saturated rings. The summed E-state index contributed by atoms with van der Waals surface area (Å²) in [4.78, 5) is 40.9. The number of carbonyl (C=O) groups is 3. The average Bonchev–Trinajstić information content (AvgIpc) is 3.33. The standard InChI is InChI=1S/C26H25N3O6S/c1-15-24(36(34,35)22-11-7-5-9-18(22)26(32)33)17(12-13-23(30)29(2)3)21(27-15)14-19-16-8-4-6-10-20(16)28-25(19)31/h4-11,14,27H,12-13H2,1-3H3,(H,28,31)(H,32,33)/b19-14+. The third-order valence-electron chi connectivity index (χ3n) is 6.02. The number of carboxylic acids is 1. The van der Waals surface area contributed by atoms with E-state index in [1.165, 1.54) is 29.2 Å². The average molecular weight is 508 g/mol. The van der Waals surface area contributed by atoms with E-state index in [0.29, 0.717) is 28.1 Å². The van der Waals surface area contributed by atoms with Gasteiger partial charge in [-0.05, 0) is 43.2 Å². The van der Waals surface area contributed by atoms with Crippen molar-refractivity contribution >= 4 is 45.0 Å². The Balaban J connectivity index is 1.92. The van der Waals surface area contributed by atoms with Crippen LogP contribution < -0.4 is 5.32 Å². The van der Waals surface area contributed by atoms with Gasteiger partial charge in [-0.25, -0.2) is 13.2 Å². The number of nitrogens with zero attached hydrogens (tertiary/aromatic N) is 1. The van der Waals surface area contributed by atoms with Crippen molar-refractivity contribution in [1.82, 2.24) is 9.88 Å². The second-order valence-corrected chi connectivity index (χ2v) is 10.5. The van der Waals surface area contributed by atoms with Crippen molar-refractivity contribution in [3.63, 3.8) is 0 Å². The Kier molecular flexibility index (Phi) is 6.55. The number of sulfone groups is 1. The van der Waals surface area contributed by atoms with Crippen LogP contribution in [0.2, 0.25) is 0 Å². The number of carbonyl (C=O) groups excluding carboxylic acids is 2. The van der Waals surface area contributed by atoms with Gasteiger partial charge in [0, 0.05) is 43.2 Å². The summed E-state index contributed by atoms with van der Waals surface area (Å²) < 4.78 is 27.6. The number of para-hydroxylation sites is 1. The molecule has 3 aromatic rings. The number of aromatic carboxylic acids is 1. The molecule has 9 nitrogen and oxygen atoms in total. The Morgan fingerprint density at radius 3 is 2.42 bits per heavy atom. The summed E-state index contributed by atoms with van der Waals surface area (Å²) in [5, 5.41) is 12.4. The number of fused-ring (bicyclic) bond motifs is 1. The molecular weight excluding hydrogens is 482 g/mol. The minimum absolute atomic E-state index is 0.0202. The normalized spacial score (nSPS) is 14.0. The molecule has 1 aliphatic rings. The van der Waals surface area contributed by atoms with E-state index in [2.05, 4.69) is 10.3 Å². The third-order valence-corrected chi connectivity index (χ3v) is 8.05. The van der Waals surface area contributed by atoms with Gasteiger partial charge in [0.1, 0.15) is 0 Å². The number of aryl methyl sites for hydroxylation is 1. The zero-order chi connectivity index (χ0) is 26.2. The number of amides is 2. The predicted octanol–water partition coefficient (Wildman–Crippen LogP) is 3.37. The molecule has 4 rings (SSSR count). The number of H-pyrrole nitrogens is 1. The number of aromatic nitrogens is 1. The highest BCUT2D eigenvalue weighted by Crippen LogP contribution is 2.37. The lowest BCUT2D eigenvalue weighted by molar-refractivity contribution is -0.128. The molecule has 3 N–H and O–H groups in total. The fourth-order valence-corrected chi connectivity index (χ4v) is 6.20. The summed E-state index contributed by atoms with van der Waals surface area (Å²) in [6.07, 6.45) is 1.66. The SMILES string of the molecule is Cc1[nH]c(/C=C2/C(=O)Nc3ccccc32)c(CCC(=O)N(C)C)c1S(=O)(=O)c1ccccc1C(=O)O. The van der Waals surface area contributed by atoms with Gasteiger partial charge in [0.25, 0.3) is 5.91 Å². The third kappa shape index (κ3) is 4.42. The lowest BCUT2D eigenvalue weighted by Crippen LogP contribution is -2.22. The fraction of sp³-hybridized carbons (Fsp3) is 0.192. The quantitative estimate of drug-likeness (QED) is 0.420. The van der Waals surface area contributed by atoms with Crippen LogP contribution >= 0.6 is 0 Å². The fourth-order valence-electron chi connectivity index (χ4n) is 4.29. The zero-order valence-corrected chi connectivity index (χ0v) is 20.8. The van der Waals surface area contributed by atoms with Crippen LogP contribution in [0.1, 0.15) is 39.3 Å². The van der Waals surface area contributed by atoms with Crippen LogP contribution in [0.15, 0.2) is 58.3 Å². The van der Waals surface area contributed by atoms with E-state index in [1.807, 2.05) is 0 Å². The van der Waals surface area contributed by atoms with Gasteiger partial charge in [-0.1, -0.05) is 30.3 Å². The Morgan fingerprint density at radius 1 is 1.06 bits per heavy atom. The van der Waals surface area contributed by atoms with Gasteiger partial charge in [0.05, 0.1) is 20.9 Å². The highest BCUT2D eigenvalue weighted by Gasteiger charge is 2.32.